The Hall–Kier alpha value is -1.80. The maximum Gasteiger partial charge on any atom is 0.262 e. The average Bonchev–Trinajstić information content (AvgIpc) is 2.84. The Kier molecular flexibility index (Phi) is 6.83. The van der Waals surface area contributed by atoms with E-state index >= 15 is 0 Å². The molecule has 0 aromatic heterocycles. The molecule has 5 nitrogen and oxygen atoms in total. The molecule has 1 saturated heterocycles. The summed E-state index contributed by atoms with van der Waals surface area (Å²) in [5.41, 5.74) is 0.296. The highest BCUT2D eigenvalue weighted by atomic mass is 35.5. The fourth-order valence-corrected chi connectivity index (χ4v) is 2.09. The third-order valence-corrected chi connectivity index (χ3v) is 3.24. The lowest BCUT2D eigenvalue weighted by Crippen LogP contribution is -2.43. The summed E-state index contributed by atoms with van der Waals surface area (Å²) in [7, 11) is 0. The number of halogens is 4. The van der Waals surface area contributed by atoms with Crippen LogP contribution in [0.5, 0.6) is 0 Å². The van der Waals surface area contributed by atoms with Gasteiger partial charge in [-0.3, -0.25) is 14.9 Å². The highest BCUT2D eigenvalue weighted by Crippen LogP contribution is 2.24. The molecule has 0 aliphatic carbocycles. The third kappa shape index (κ3) is 5.72. The van der Waals surface area contributed by atoms with E-state index in [-0.39, 0.29) is 25.5 Å². The van der Waals surface area contributed by atoms with Crippen molar-refractivity contribution in [2.45, 2.75) is 18.4 Å². The number of benzene rings is 1. The fraction of sp³-hybridized carbons (Fsp3) is 0.429. The number of carbonyl (C=O) groups excluding carboxylic acids is 2. The summed E-state index contributed by atoms with van der Waals surface area (Å²) in [6.07, 6.45) is -0.527. The van der Waals surface area contributed by atoms with Crippen molar-refractivity contribution < 1.29 is 22.8 Å². The standard InChI is InChI=1S/C14H16F3N3O2.ClH/c15-10-3-1-9(2-4-10)12(21)18-5-6-19-13(22)11-7-14(16,17)8-20-11;/h1-4,11,20H,5-8H2,(H,18,21)(H,19,22);1H. The number of hydrogen-bond donors (Lipinski definition) is 3. The topological polar surface area (TPSA) is 70.2 Å². The molecule has 0 saturated carbocycles. The van der Waals surface area contributed by atoms with Gasteiger partial charge >= 0.3 is 0 Å². The predicted molar refractivity (Wildman–Crippen MR) is 80.3 cm³/mol. The van der Waals surface area contributed by atoms with Crippen LogP contribution < -0.4 is 16.0 Å². The Morgan fingerprint density at radius 3 is 2.35 bits per heavy atom. The summed E-state index contributed by atoms with van der Waals surface area (Å²) >= 11 is 0. The normalized spacial score (nSPS) is 18.8. The van der Waals surface area contributed by atoms with Gasteiger partial charge in [0.1, 0.15) is 5.82 Å². The van der Waals surface area contributed by atoms with Crippen LogP contribution >= 0.6 is 12.4 Å². The molecule has 23 heavy (non-hydrogen) atoms. The van der Waals surface area contributed by atoms with Gasteiger partial charge in [-0.15, -0.1) is 12.4 Å². The lowest BCUT2D eigenvalue weighted by atomic mass is 10.2. The van der Waals surface area contributed by atoms with Crippen LogP contribution in [0.25, 0.3) is 0 Å². The van der Waals surface area contributed by atoms with Crippen molar-refractivity contribution in [1.29, 1.82) is 0 Å². The Morgan fingerprint density at radius 2 is 1.78 bits per heavy atom. The zero-order valence-electron chi connectivity index (χ0n) is 12.1. The monoisotopic (exact) mass is 351 g/mol. The molecular weight excluding hydrogens is 335 g/mol. The van der Waals surface area contributed by atoms with E-state index < -0.39 is 42.6 Å². The van der Waals surface area contributed by atoms with Crippen molar-refractivity contribution in [1.82, 2.24) is 16.0 Å². The molecule has 2 rings (SSSR count). The van der Waals surface area contributed by atoms with Crippen LogP contribution in [-0.4, -0.2) is 43.4 Å². The van der Waals surface area contributed by atoms with Gasteiger partial charge in [0.15, 0.2) is 0 Å². The van der Waals surface area contributed by atoms with E-state index in [0.717, 1.165) is 0 Å². The van der Waals surface area contributed by atoms with Gasteiger partial charge in [0.2, 0.25) is 5.91 Å². The molecule has 3 N–H and O–H groups in total. The van der Waals surface area contributed by atoms with E-state index in [1.807, 2.05) is 0 Å². The van der Waals surface area contributed by atoms with Crippen molar-refractivity contribution in [2.75, 3.05) is 19.6 Å². The van der Waals surface area contributed by atoms with Crippen LogP contribution in [0.15, 0.2) is 24.3 Å². The SMILES string of the molecule is Cl.O=C(NCCNC(=O)C1CC(F)(F)CN1)c1ccc(F)cc1. The molecular formula is C14H17ClF3N3O2. The minimum atomic E-state index is -2.86. The summed E-state index contributed by atoms with van der Waals surface area (Å²) < 4.78 is 38.6. The molecule has 1 heterocycles. The smallest absolute Gasteiger partial charge is 0.262 e. The van der Waals surface area contributed by atoms with Crippen LogP contribution in [0.2, 0.25) is 0 Å². The van der Waals surface area contributed by atoms with Gasteiger partial charge in [-0.2, -0.15) is 0 Å². The Morgan fingerprint density at radius 1 is 1.17 bits per heavy atom. The molecule has 0 spiro atoms. The van der Waals surface area contributed by atoms with E-state index in [4.69, 9.17) is 0 Å². The second kappa shape index (κ2) is 8.16. The average molecular weight is 352 g/mol. The molecule has 0 radical (unpaired) electrons. The van der Waals surface area contributed by atoms with Gasteiger partial charge in [-0.25, -0.2) is 13.2 Å². The predicted octanol–water partition coefficient (Wildman–Crippen LogP) is 1.09. The van der Waals surface area contributed by atoms with E-state index in [1.165, 1.54) is 24.3 Å². The fourth-order valence-electron chi connectivity index (χ4n) is 2.09. The van der Waals surface area contributed by atoms with Gasteiger partial charge in [-0.05, 0) is 24.3 Å². The number of alkyl halides is 2. The molecule has 128 valence electrons. The van der Waals surface area contributed by atoms with Gasteiger partial charge in [0, 0.05) is 25.1 Å². The van der Waals surface area contributed by atoms with Crippen molar-refractivity contribution in [3.05, 3.63) is 35.6 Å². The molecule has 9 heteroatoms. The number of amides is 2. The first-order chi connectivity index (χ1) is 10.4. The van der Waals surface area contributed by atoms with Crippen LogP contribution in [0.1, 0.15) is 16.8 Å². The second-order valence-corrected chi connectivity index (χ2v) is 5.05. The molecule has 1 aliphatic rings. The summed E-state index contributed by atoms with van der Waals surface area (Å²) in [5, 5.41) is 7.45. The highest BCUT2D eigenvalue weighted by Gasteiger charge is 2.42. The lowest BCUT2D eigenvalue weighted by molar-refractivity contribution is -0.123. The molecule has 1 aromatic rings. The third-order valence-electron chi connectivity index (χ3n) is 3.24. The summed E-state index contributed by atoms with van der Waals surface area (Å²) in [6, 6.07) is 4.11. The molecule has 1 aliphatic heterocycles. The number of rotatable bonds is 5. The first-order valence-corrected chi connectivity index (χ1v) is 6.80. The molecule has 0 bridgehead atoms. The quantitative estimate of drug-likeness (QED) is 0.696. The van der Waals surface area contributed by atoms with Crippen LogP contribution in [0, 0.1) is 5.82 Å². The lowest BCUT2D eigenvalue weighted by Gasteiger charge is -2.11. The Bertz CT molecular complexity index is 555. The van der Waals surface area contributed by atoms with Crippen molar-refractivity contribution in [3.8, 4) is 0 Å². The van der Waals surface area contributed by atoms with Crippen LogP contribution in [0.4, 0.5) is 13.2 Å². The molecule has 1 unspecified atom stereocenters. The second-order valence-electron chi connectivity index (χ2n) is 5.05. The number of carbonyl (C=O) groups is 2. The largest absolute Gasteiger partial charge is 0.353 e. The number of hydrogen-bond acceptors (Lipinski definition) is 3. The van der Waals surface area contributed by atoms with Gasteiger partial charge in [0.25, 0.3) is 11.8 Å². The van der Waals surface area contributed by atoms with Crippen LogP contribution in [-0.2, 0) is 4.79 Å². The first kappa shape index (κ1) is 19.2. The minimum Gasteiger partial charge on any atom is -0.353 e. The molecule has 1 fully saturated rings. The summed E-state index contributed by atoms with van der Waals surface area (Å²) in [4.78, 5) is 23.3. The Labute approximate surface area is 137 Å². The van der Waals surface area contributed by atoms with Crippen molar-refractivity contribution in [3.63, 3.8) is 0 Å². The zero-order chi connectivity index (χ0) is 16.2. The van der Waals surface area contributed by atoms with Gasteiger partial charge in [0.05, 0.1) is 12.6 Å². The van der Waals surface area contributed by atoms with E-state index in [1.54, 1.807) is 0 Å². The van der Waals surface area contributed by atoms with E-state index in [2.05, 4.69) is 16.0 Å². The summed E-state index contributed by atoms with van der Waals surface area (Å²) in [5.74, 6) is -4.23. The minimum absolute atomic E-state index is 0. The molecule has 1 aromatic carbocycles. The highest BCUT2D eigenvalue weighted by molar-refractivity contribution is 5.94. The number of nitrogens with one attached hydrogen (secondary N) is 3. The maximum atomic E-state index is 12.9. The van der Waals surface area contributed by atoms with E-state index in [9.17, 15) is 22.8 Å². The maximum absolute atomic E-state index is 12.9. The van der Waals surface area contributed by atoms with Crippen LogP contribution in [0.3, 0.4) is 0 Å². The van der Waals surface area contributed by atoms with Crippen molar-refractivity contribution >= 4 is 24.2 Å². The van der Waals surface area contributed by atoms with Crippen molar-refractivity contribution in [2.24, 2.45) is 0 Å². The molecule has 1 atom stereocenters. The van der Waals surface area contributed by atoms with Gasteiger partial charge in [-0.1, -0.05) is 0 Å². The zero-order valence-corrected chi connectivity index (χ0v) is 12.9. The first-order valence-electron chi connectivity index (χ1n) is 6.80. The van der Waals surface area contributed by atoms with Gasteiger partial charge < -0.3 is 10.6 Å². The summed E-state index contributed by atoms with van der Waals surface area (Å²) in [6.45, 7) is -0.243. The molecule has 2 amide bonds. The van der Waals surface area contributed by atoms with E-state index in [0.29, 0.717) is 5.56 Å². The Balaban J connectivity index is 0.00000264.